The van der Waals surface area contributed by atoms with Crippen LogP contribution in [0, 0.1) is 0 Å². The molecule has 0 aliphatic carbocycles. The van der Waals surface area contributed by atoms with Gasteiger partial charge in [-0.05, 0) is 51.5 Å². The van der Waals surface area contributed by atoms with E-state index in [1.165, 1.54) is 0 Å². The third-order valence-electron chi connectivity index (χ3n) is 5.22. The fraction of sp³-hybridized carbons (Fsp3) is 0.619. The van der Waals surface area contributed by atoms with E-state index in [0.29, 0.717) is 18.8 Å². The number of rotatable bonds is 11. The predicted octanol–water partition coefficient (Wildman–Crippen LogP) is 2.56. The lowest BCUT2D eigenvalue weighted by atomic mass is 10.1. The highest BCUT2D eigenvalue weighted by Gasteiger charge is 2.32. The Kier molecular flexibility index (Phi) is 8.57. The van der Waals surface area contributed by atoms with Gasteiger partial charge in [0, 0.05) is 19.1 Å². The molecule has 1 N–H and O–H groups in total. The van der Waals surface area contributed by atoms with Crippen LogP contribution in [0.1, 0.15) is 33.6 Å². The van der Waals surface area contributed by atoms with E-state index in [1.807, 2.05) is 31.2 Å². The first-order valence-corrected chi connectivity index (χ1v) is 10.2. The third kappa shape index (κ3) is 5.86. The molecule has 1 aromatic carbocycles. The zero-order valence-electron chi connectivity index (χ0n) is 17.6. The molecular formula is C21H34N4O3. The summed E-state index contributed by atoms with van der Waals surface area (Å²) in [6.07, 6.45) is 1.98. The fourth-order valence-electron chi connectivity index (χ4n) is 3.53. The average Bonchev–Trinajstić information content (AvgIpc) is 3.05. The number of carbonyl (C=O) groups is 2. The summed E-state index contributed by atoms with van der Waals surface area (Å²) in [6.45, 7) is 10.7. The number of urea groups is 1. The molecule has 2 rings (SSSR count). The second-order valence-corrected chi connectivity index (χ2v) is 7.17. The lowest BCUT2D eigenvalue weighted by Gasteiger charge is -2.22. The van der Waals surface area contributed by atoms with E-state index < -0.39 is 0 Å². The standard InChI is InChI=1S/C21H34N4O3/c1-5-23(6-2)13-9-10-17(3)22-20(26)16-24-14-15-25(21(24)27)18-11-7-8-12-19(18)28-4/h7-8,11-12,17H,5-6,9-10,13-16H2,1-4H3,(H,22,26). The Morgan fingerprint density at radius 1 is 1.25 bits per heavy atom. The molecule has 0 aromatic heterocycles. The van der Waals surface area contributed by atoms with Crippen LogP contribution in [0.4, 0.5) is 10.5 Å². The molecule has 0 radical (unpaired) electrons. The minimum atomic E-state index is -0.158. The van der Waals surface area contributed by atoms with Crippen LogP contribution in [0.2, 0.25) is 0 Å². The van der Waals surface area contributed by atoms with Gasteiger partial charge < -0.3 is 19.9 Å². The van der Waals surface area contributed by atoms with Crippen molar-refractivity contribution in [2.45, 2.75) is 39.7 Å². The van der Waals surface area contributed by atoms with E-state index in [9.17, 15) is 9.59 Å². The smallest absolute Gasteiger partial charge is 0.325 e. The van der Waals surface area contributed by atoms with Gasteiger partial charge in [-0.25, -0.2) is 4.79 Å². The molecule has 1 aliphatic rings. The molecule has 1 heterocycles. The predicted molar refractivity (Wildman–Crippen MR) is 112 cm³/mol. The van der Waals surface area contributed by atoms with Crippen molar-refractivity contribution in [3.05, 3.63) is 24.3 Å². The summed E-state index contributed by atoms with van der Waals surface area (Å²) in [4.78, 5) is 30.7. The summed E-state index contributed by atoms with van der Waals surface area (Å²) < 4.78 is 5.35. The number of para-hydroxylation sites is 2. The lowest BCUT2D eigenvalue weighted by molar-refractivity contribution is -0.122. The van der Waals surface area contributed by atoms with Crippen LogP contribution in [-0.4, -0.2) is 74.2 Å². The summed E-state index contributed by atoms with van der Waals surface area (Å²) >= 11 is 0. The highest BCUT2D eigenvalue weighted by molar-refractivity contribution is 5.97. The van der Waals surface area contributed by atoms with Crippen molar-refractivity contribution in [3.63, 3.8) is 0 Å². The highest BCUT2D eigenvalue weighted by Crippen LogP contribution is 2.30. The molecule has 0 bridgehead atoms. The van der Waals surface area contributed by atoms with Crippen molar-refractivity contribution in [1.82, 2.24) is 15.1 Å². The Morgan fingerprint density at radius 3 is 2.64 bits per heavy atom. The minimum absolute atomic E-state index is 0.0882. The van der Waals surface area contributed by atoms with E-state index in [-0.39, 0.29) is 24.5 Å². The molecule has 0 spiro atoms. The summed E-state index contributed by atoms with van der Waals surface area (Å²) in [5, 5.41) is 3.02. The third-order valence-corrected chi connectivity index (χ3v) is 5.22. The molecular weight excluding hydrogens is 356 g/mol. The van der Waals surface area contributed by atoms with Gasteiger partial charge in [-0.3, -0.25) is 9.69 Å². The average molecular weight is 391 g/mol. The van der Waals surface area contributed by atoms with E-state index in [0.717, 1.165) is 38.2 Å². The van der Waals surface area contributed by atoms with Gasteiger partial charge >= 0.3 is 6.03 Å². The lowest BCUT2D eigenvalue weighted by Crippen LogP contribution is -2.43. The Labute approximate surface area is 168 Å². The molecule has 1 fully saturated rings. The molecule has 1 atom stereocenters. The number of amides is 3. The minimum Gasteiger partial charge on any atom is -0.495 e. The number of anilines is 1. The molecule has 1 aromatic rings. The van der Waals surface area contributed by atoms with Crippen LogP contribution in [-0.2, 0) is 4.79 Å². The van der Waals surface area contributed by atoms with E-state index >= 15 is 0 Å². The van der Waals surface area contributed by atoms with Crippen LogP contribution in [0.3, 0.4) is 0 Å². The number of methoxy groups -OCH3 is 1. The number of ether oxygens (including phenoxy) is 1. The Morgan fingerprint density at radius 2 is 1.96 bits per heavy atom. The van der Waals surface area contributed by atoms with Crippen molar-refractivity contribution in [2.75, 3.05) is 51.3 Å². The molecule has 0 saturated carbocycles. The second kappa shape index (κ2) is 10.9. The van der Waals surface area contributed by atoms with E-state index in [1.54, 1.807) is 16.9 Å². The normalized spacial score (nSPS) is 15.2. The first kappa shape index (κ1) is 22.0. The van der Waals surface area contributed by atoms with Crippen molar-refractivity contribution in [2.24, 2.45) is 0 Å². The van der Waals surface area contributed by atoms with E-state index in [4.69, 9.17) is 4.74 Å². The molecule has 1 aliphatic heterocycles. The van der Waals surface area contributed by atoms with Gasteiger partial charge in [0.1, 0.15) is 12.3 Å². The molecule has 3 amide bonds. The number of nitrogens with zero attached hydrogens (tertiary/aromatic N) is 3. The summed E-state index contributed by atoms with van der Waals surface area (Å²) in [5.41, 5.74) is 0.739. The van der Waals surface area contributed by atoms with Crippen molar-refractivity contribution in [1.29, 1.82) is 0 Å². The molecule has 156 valence electrons. The van der Waals surface area contributed by atoms with Crippen molar-refractivity contribution < 1.29 is 14.3 Å². The monoisotopic (exact) mass is 390 g/mol. The van der Waals surface area contributed by atoms with Crippen LogP contribution < -0.4 is 15.0 Å². The maximum Gasteiger partial charge on any atom is 0.325 e. The molecule has 7 heteroatoms. The number of hydrogen-bond donors (Lipinski definition) is 1. The summed E-state index contributed by atoms with van der Waals surface area (Å²) in [7, 11) is 1.59. The SMILES string of the molecule is CCN(CC)CCCC(C)NC(=O)CN1CCN(c2ccccc2OC)C1=O. The van der Waals surface area contributed by atoms with Crippen LogP contribution in [0.25, 0.3) is 0 Å². The first-order chi connectivity index (χ1) is 13.5. The van der Waals surface area contributed by atoms with Crippen molar-refractivity contribution in [3.8, 4) is 5.75 Å². The largest absolute Gasteiger partial charge is 0.495 e. The number of hydrogen-bond acceptors (Lipinski definition) is 4. The second-order valence-electron chi connectivity index (χ2n) is 7.17. The van der Waals surface area contributed by atoms with Gasteiger partial charge in [0.2, 0.25) is 5.91 Å². The van der Waals surface area contributed by atoms with Crippen LogP contribution >= 0.6 is 0 Å². The molecule has 1 saturated heterocycles. The van der Waals surface area contributed by atoms with E-state index in [2.05, 4.69) is 24.1 Å². The van der Waals surface area contributed by atoms with Gasteiger partial charge in [0.25, 0.3) is 0 Å². The summed E-state index contributed by atoms with van der Waals surface area (Å²) in [5.74, 6) is 0.551. The first-order valence-electron chi connectivity index (χ1n) is 10.2. The number of carbonyl (C=O) groups excluding carboxylic acids is 2. The maximum atomic E-state index is 12.7. The zero-order valence-corrected chi connectivity index (χ0v) is 17.6. The number of benzene rings is 1. The van der Waals surface area contributed by atoms with Gasteiger partial charge in [-0.1, -0.05) is 26.0 Å². The topological polar surface area (TPSA) is 65.1 Å². The summed E-state index contributed by atoms with van der Waals surface area (Å²) in [6, 6.07) is 7.38. The molecule has 28 heavy (non-hydrogen) atoms. The quantitative estimate of drug-likeness (QED) is 0.631. The van der Waals surface area contributed by atoms with Crippen LogP contribution in [0.5, 0.6) is 5.75 Å². The Bertz CT molecular complexity index is 648. The maximum absolute atomic E-state index is 12.7. The van der Waals surface area contributed by atoms with Gasteiger partial charge in [0.05, 0.1) is 12.8 Å². The zero-order chi connectivity index (χ0) is 20.5. The molecule has 1 unspecified atom stereocenters. The Hall–Kier alpha value is -2.28. The molecule has 7 nitrogen and oxygen atoms in total. The van der Waals surface area contributed by atoms with Gasteiger partial charge in [-0.2, -0.15) is 0 Å². The number of nitrogens with one attached hydrogen (secondary N) is 1. The van der Waals surface area contributed by atoms with Gasteiger partial charge in [0.15, 0.2) is 0 Å². The van der Waals surface area contributed by atoms with Crippen molar-refractivity contribution >= 4 is 17.6 Å². The fourth-order valence-corrected chi connectivity index (χ4v) is 3.53. The van der Waals surface area contributed by atoms with Gasteiger partial charge in [-0.15, -0.1) is 0 Å². The Balaban J connectivity index is 1.80. The highest BCUT2D eigenvalue weighted by atomic mass is 16.5. The van der Waals surface area contributed by atoms with Crippen LogP contribution in [0.15, 0.2) is 24.3 Å².